The number of hydrogen-bond donors (Lipinski definition) is 1. The SMILES string of the molecule is CCCC(C)NC(=O)COCCOC. The Bertz CT molecular complexity index is 150. The van der Waals surface area contributed by atoms with Gasteiger partial charge in [0.1, 0.15) is 6.61 Å². The van der Waals surface area contributed by atoms with E-state index in [2.05, 4.69) is 12.2 Å². The summed E-state index contributed by atoms with van der Waals surface area (Å²) in [6.45, 7) is 5.20. The minimum Gasteiger partial charge on any atom is -0.382 e. The molecular formula is C10H21NO3. The van der Waals surface area contributed by atoms with Crippen molar-refractivity contribution in [2.75, 3.05) is 26.9 Å². The molecule has 0 fully saturated rings. The quantitative estimate of drug-likeness (QED) is 0.598. The standard InChI is InChI=1S/C10H21NO3/c1-4-5-9(2)11-10(12)8-14-7-6-13-3/h9H,4-8H2,1-3H3,(H,11,12). The van der Waals surface area contributed by atoms with Gasteiger partial charge in [0.2, 0.25) is 5.91 Å². The van der Waals surface area contributed by atoms with Crippen LogP contribution >= 0.6 is 0 Å². The molecule has 0 aliphatic heterocycles. The Kier molecular flexibility index (Phi) is 8.57. The van der Waals surface area contributed by atoms with Gasteiger partial charge in [-0.05, 0) is 13.3 Å². The second-order valence-corrected chi connectivity index (χ2v) is 3.30. The molecular weight excluding hydrogens is 182 g/mol. The molecule has 0 saturated carbocycles. The van der Waals surface area contributed by atoms with Gasteiger partial charge in [0.05, 0.1) is 13.2 Å². The van der Waals surface area contributed by atoms with E-state index in [1.807, 2.05) is 6.92 Å². The van der Waals surface area contributed by atoms with Crippen LogP contribution < -0.4 is 5.32 Å². The van der Waals surface area contributed by atoms with Crippen LogP contribution in [-0.4, -0.2) is 38.9 Å². The van der Waals surface area contributed by atoms with Crippen molar-refractivity contribution in [2.45, 2.75) is 32.7 Å². The summed E-state index contributed by atoms with van der Waals surface area (Å²) in [5, 5.41) is 2.85. The van der Waals surface area contributed by atoms with E-state index >= 15 is 0 Å². The molecule has 0 spiro atoms. The van der Waals surface area contributed by atoms with Gasteiger partial charge >= 0.3 is 0 Å². The van der Waals surface area contributed by atoms with Gasteiger partial charge < -0.3 is 14.8 Å². The van der Waals surface area contributed by atoms with Gasteiger partial charge in [-0.25, -0.2) is 0 Å². The van der Waals surface area contributed by atoms with E-state index in [4.69, 9.17) is 9.47 Å². The molecule has 0 heterocycles. The molecule has 0 aliphatic rings. The maximum atomic E-state index is 11.2. The average molecular weight is 203 g/mol. The van der Waals surface area contributed by atoms with Crippen molar-refractivity contribution in [1.29, 1.82) is 0 Å². The number of ether oxygens (including phenoxy) is 2. The molecule has 84 valence electrons. The van der Waals surface area contributed by atoms with Crippen LogP contribution in [0.4, 0.5) is 0 Å². The summed E-state index contributed by atoms with van der Waals surface area (Å²) in [5.41, 5.74) is 0. The number of carbonyl (C=O) groups excluding carboxylic acids is 1. The van der Waals surface area contributed by atoms with E-state index < -0.39 is 0 Å². The van der Waals surface area contributed by atoms with Crippen LogP contribution in [-0.2, 0) is 14.3 Å². The van der Waals surface area contributed by atoms with Crippen LogP contribution in [0.5, 0.6) is 0 Å². The van der Waals surface area contributed by atoms with Gasteiger partial charge in [0.25, 0.3) is 0 Å². The minimum absolute atomic E-state index is 0.0537. The Morgan fingerprint density at radius 3 is 2.71 bits per heavy atom. The van der Waals surface area contributed by atoms with Crippen LogP contribution in [0.2, 0.25) is 0 Å². The first-order valence-electron chi connectivity index (χ1n) is 5.06. The van der Waals surface area contributed by atoms with Crippen LogP contribution in [0, 0.1) is 0 Å². The number of methoxy groups -OCH3 is 1. The lowest BCUT2D eigenvalue weighted by Gasteiger charge is -2.12. The third kappa shape index (κ3) is 8.01. The molecule has 0 bridgehead atoms. The largest absolute Gasteiger partial charge is 0.382 e. The Hall–Kier alpha value is -0.610. The Balaban J connectivity index is 3.35. The number of amides is 1. The van der Waals surface area contributed by atoms with Crippen molar-refractivity contribution < 1.29 is 14.3 Å². The number of rotatable bonds is 8. The fraction of sp³-hybridized carbons (Fsp3) is 0.900. The summed E-state index contributed by atoms with van der Waals surface area (Å²) in [6, 6.07) is 0.235. The predicted octanol–water partition coefficient (Wildman–Crippen LogP) is 0.954. The molecule has 1 unspecified atom stereocenters. The molecule has 1 N–H and O–H groups in total. The van der Waals surface area contributed by atoms with Crippen molar-refractivity contribution in [3.05, 3.63) is 0 Å². The summed E-state index contributed by atoms with van der Waals surface area (Å²) in [4.78, 5) is 11.2. The van der Waals surface area contributed by atoms with Gasteiger partial charge in [-0.15, -0.1) is 0 Å². The fourth-order valence-corrected chi connectivity index (χ4v) is 1.13. The topological polar surface area (TPSA) is 47.6 Å². The van der Waals surface area contributed by atoms with Crippen molar-refractivity contribution in [3.63, 3.8) is 0 Å². The maximum Gasteiger partial charge on any atom is 0.246 e. The highest BCUT2D eigenvalue weighted by atomic mass is 16.5. The molecule has 1 amide bonds. The first-order chi connectivity index (χ1) is 6.70. The van der Waals surface area contributed by atoms with Gasteiger partial charge in [0.15, 0.2) is 0 Å². The Labute approximate surface area is 86.0 Å². The molecule has 4 nitrogen and oxygen atoms in total. The van der Waals surface area contributed by atoms with E-state index in [9.17, 15) is 4.79 Å². The first-order valence-corrected chi connectivity index (χ1v) is 5.06. The van der Waals surface area contributed by atoms with E-state index in [1.165, 1.54) is 0 Å². The first kappa shape index (κ1) is 13.4. The van der Waals surface area contributed by atoms with Gasteiger partial charge in [0, 0.05) is 13.2 Å². The predicted molar refractivity (Wildman–Crippen MR) is 55.2 cm³/mol. The number of carbonyl (C=O) groups is 1. The third-order valence-corrected chi connectivity index (χ3v) is 1.79. The number of hydrogen-bond acceptors (Lipinski definition) is 3. The van der Waals surface area contributed by atoms with Crippen molar-refractivity contribution in [1.82, 2.24) is 5.32 Å². The highest BCUT2D eigenvalue weighted by Crippen LogP contribution is 1.94. The van der Waals surface area contributed by atoms with E-state index in [-0.39, 0.29) is 18.6 Å². The summed E-state index contributed by atoms with van der Waals surface area (Å²) in [6.07, 6.45) is 2.08. The zero-order valence-electron chi connectivity index (χ0n) is 9.34. The summed E-state index contributed by atoms with van der Waals surface area (Å²) < 4.78 is 9.86. The number of nitrogens with one attached hydrogen (secondary N) is 1. The average Bonchev–Trinajstić information content (AvgIpc) is 2.13. The zero-order chi connectivity index (χ0) is 10.8. The third-order valence-electron chi connectivity index (χ3n) is 1.79. The van der Waals surface area contributed by atoms with E-state index in [1.54, 1.807) is 7.11 Å². The maximum absolute atomic E-state index is 11.2. The Morgan fingerprint density at radius 2 is 2.14 bits per heavy atom. The molecule has 0 aromatic rings. The molecule has 14 heavy (non-hydrogen) atoms. The van der Waals surface area contributed by atoms with Gasteiger partial charge in [-0.2, -0.15) is 0 Å². The van der Waals surface area contributed by atoms with Crippen LogP contribution in [0.3, 0.4) is 0 Å². The minimum atomic E-state index is -0.0537. The highest BCUT2D eigenvalue weighted by Gasteiger charge is 2.05. The summed E-state index contributed by atoms with van der Waals surface area (Å²) in [7, 11) is 1.60. The molecule has 0 aromatic heterocycles. The summed E-state index contributed by atoms with van der Waals surface area (Å²) >= 11 is 0. The summed E-state index contributed by atoms with van der Waals surface area (Å²) in [5.74, 6) is -0.0537. The van der Waals surface area contributed by atoms with Crippen LogP contribution in [0.1, 0.15) is 26.7 Å². The highest BCUT2D eigenvalue weighted by molar-refractivity contribution is 5.77. The fourth-order valence-electron chi connectivity index (χ4n) is 1.13. The van der Waals surface area contributed by atoms with Crippen molar-refractivity contribution in [3.8, 4) is 0 Å². The monoisotopic (exact) mass is 203 g/mol. The van der Waals surface area contributed by atoms with Crippen LogP contribution in [0.25, 0.3) is 0 Å². The Morgan fingerprint density at radius 1 is 1.43 bits per heavy atom. The van der Waals surface area contributed by atoms with Crippen molar-refractivity contribution >= 4 is 5.91 Å². The lowest BCUT2D eigenvalue weighted by atomic mass is 10.2. The molecule has 4 heteroatoms. The lowest BCUT2D eigenvalue weighted by Crippen LogP contribution is -2.35. The van der Waals surface area contributed by atoms with E-state index in [0.29, 0.717) is 13.2 Å². The molecule has 0 radical (unpaired) electrons. The van der Waals surface area contributed by atoms with Gasteiger partial charge in [-0.3, -0.25) is 4.79 Å². The zero-order valence-corrected chi connectivity index (χ0v) is 9.34. The molecule has 1 atom stereocenters. The molecule has 0 aromatic carbocycles. The molecule has 0 aliphatic carbocycles. The van der Waals surface area contributed by atoms with E-state index in [0.717, 1.165) is 12.8 Å². The second kappa shape index (κ2) is 8.97. The lowest BCUT2D eigenvalue weighted by molar-refractivity contribution is -0.126. The smallest absolute Gasteiger partial charge is 0.246 e. The van der Waals surface area contributed by atoms with Crippen molar-refractivity contribution in [2.24, 2.45) is 0 Å². The molecule has 0 rings (SSSR count). The second-order valence-electron chi connectivity index (χ2n) is 3.30. The van der Waals surface area contributed by atoms with Gasteiger partial charge in [-0.1, -0.05) is 13.3 Å². The molecule has 0 saturated heterocycles. The normalized spacial score (nSPS) is 12.5. The van der Waals surface area contributed by atoms with Crippen LogP contribution in [0.15, 0.2) is 0 Å².